The average Bonchev–Trinajstić information content (AvgIpc) is 2.46. The first kappa shape index (κ1) is 14.5. The van der Waals surface area contributed by atoms with Crippen molar-refractivity contribution in [1.29, 1.82) is 0 Å². The maximum absolute atomic E-state index is 9.51. The Hall–Kier alpha value is -0.860. The maximum Gasteiger partial charge on any atom is 0.0684 e. The van der Waals surface area contributed by atoms with Gasteiger partial charge in [-0.25, -0.2) is 0 Å². The van der Waals surface area contributed by atoms with Gasteiger partial charge in [-0.3, -0.25) is 0 Å². The van der Waals surface area contributed by atoms with E-state index in [1.165, 1.54) is 43.5 Å². The van der Waals surface area contributed by atoms with E-state index in [1.54, 1.807) is 0 Å². The molecule has 1 aliphatic rings. The molecule has 1 unspecified atom stereocenters. The molecule has 0 amide bonds. The second-order valence-corrected chi connectivity index (χ2v) is 5.65. The summed E-state index contributed by atoms with van der Waals surface area (Å²) in [4.78, 5) is 2.65. The minimum atomic E-state index is 0.178. The summed E-state index contributed by atoms with van der Waals surface area (Å²) in [5.41, 5.74) is 4.00. The van der Waals surface area contributed by atoms with Crippen LogP contribution in [-0.4, -0.2) is 29.1 Å². The molecule has 0 saturated heterocycles. The molecule has 0 aromatic heterocycles. The van der Waals surface area contributed by atoms with Gasteiger partial charge in [0.1, 0.15) is 0 Å². The van der Waals surface area contributed by atoms with Crippen molar-refractivity contribution < 1.29 is 5.11 Å². The molecule has 0 saturated carbocycles. The quantitative estimate of drug-likeness (QED) is 0.850. The minimum Gasteiger partial charge on any atom is -0.392 e. The Bertz CT molecular complexity index is 382. The van der Waals surface area contributed by atoms with Crippen LogP contribution >= 0.6 is 0 Å². The average molecular weight is 261 g/mol. The Morgan fingerprint density at radius 3 is 2.58 bits per heavy atom. The summed E-state index contributed by atoms with van der Waals surface area (Å²) >= 11 is 0. The molecule has 19 heavy (non-hydrogen) atoms. The summed E-state index contributed by atoms with van der Waals surface area (Å²) in [5.74, 6) is 0. The van der Waals surface area contributed by atoms with E-state index in [4.69, 9.17) is 0 Å². The highest BCUT2D eigenvalue weighted by atomic mass is 16.3. The smallest absolute Gasteiger partial charge is 0.0684 e. The summed E-state index contributed by atoms with van der Waals surface area (Å²) < 4.78 is 0. The van der Waals surface area contributed by atoms with Gasteiger partial charge in [0.2, 0.25) is 0 Å². The zero-order valence-electron chi connectivity index (χ0n) is 12.4. The first-order valence-corrected chi connectivity index (χ1v) is 7.74. The molecule has 2 rings (SSSR count). The van der Waals surface area contributed by atoms with Crippen LogP contribution in [0, 0.1) is 0 Å². The third kappa shape index (κ3) is 3.37. The van der Waals surface area contributed by atoms with Crippen LogP contribution in [-0.2, 0) is 19.4 Å². The van der Waals surface area contributed by atoms with Gasteiger partial charge in [0.15, 0.2) is 0 Å². The summed E-state index contributed by atoms with van der Waals surface area (Å²) in [7, 11) is 0. The molecule has 1 atom stereocenters. The zero-order valence-corrected chi connectivity index (χ0v) is 12.4. The van der Waals surface area contributed by atoms with Gasteiger partial charge in [0, 0.05) is 6.04 Å². The Kier molecular flexibility index (Phi) is 5.41. The van der Waals surface area contributed by atoms with Crippen LogP contribution in [0.4, 0.5) is 0 Å². The number of fused-ring (bicyclic) bond motifs is 1. The predicted octanol–water partition coefficient (Wildman–Crippen LogP) is 3.16. The summed E-state index contributed by atoms with van der Waals surface area (Å²) in [6, 6.07) is 7.06. The van der Waals surface area contributed by atoms with Crippen molar-refractivity contribution in [2.24, 2.45) is 0 Å². The number of aryl methyl sites for hydroxylation is 1. The van der Waals surface area contributed by atoms with E-state index in [0.29, 0.717) is 6.04 Å². The molecule has 0 spiro atoms. The Labute approximate surface area is 117 Å². The van der Waals surface area contributed by atoms with E-state index >= 15 is 0 Å². The molecule has 0 aliphatic heterocycles. The molecule has 0 heterocycles. The lowest BCUT2D eigenvalue weighted by molar-refractivity contribution is 0.178. The molecule has 2 nitrogen and oxygen atoms in total. The monoisotopic (exact) mass is 261 g/mol. The van der Waals surface area contributed by atoms with E-state index in [1.807, 2.05) is 0 Å². The van der Waals surface area contributed by atoms with E-state index in [-0.39, 0.29) is 6.61 Å². The fraction of sp³-hybridized carbons (Fsp3) is 0.647. The SMILES string of the molecule is CCCN(CCC)C1CCc2cccc(CO)c2C1. The Balaban J connectivity index is 2.15. The molecule has 106 valence electrons. The van der Waals surface area contributed by atoms with E-state index in [0.717, 1.165) is 18.4 Å². The molecule has 1 aromatic rings. The zero-order chi connectivity index (χ0) is 13.7. The Morgan fingerprint density at radius 1 is 1.21 bits per heavy atom. The molecule has 1 aromatic carbocycles. The van der Waals surface area contributed by atoms with Gasteiger partial charge >= 0.3 is 0 Å². The largest absolute Gasteiger partial charge is 0.392 e. The molecule has 1 N–H and O–H groups in total. The second kappa shape index (κ2) is 7.06. The van der Waals surface area contributed by atoms with Gasteiger partial charge in [-0.2, -0.15) is 0 Å². The lowest BCUT2D eigenvalue weighted by atomic mass is 9.84. The number of hydrogen-bond acceptors (Lipinski definition) is 2. The van der Waals surface area contributed by atoms with Crippen LogP contribution < -0.4 is 0 Å². The maximum atomic E-state index is 9.51. The summed E-state index contributed by atoms with van der Waals surface area (Å²) in [5, 5.41) is 9.51. The number of benzene rings is 1. The highest BCUT2D eigenvalue weighted by Gasteiger charge is 2.24. The Morgan fingerprint density at radius 2 is 1.95 bits per heavy atom. The van der Waals surface area contributed by atoms with Crippen molar-refractivity contribution in [2.75, 3.05) is 13.1 Å². The van der Waals surface area contributed by atoms with Crippen LogP contribution in [0.1, 0.15) is 49.8 Å². The molecular formula is C17H27NO. The predicted molar refractivity (Wildman–Crippen MR) is 80.3 cm³/mol. The van der Waals surface area contributed by atoms with E-state index in [9.17, 15) is 5.11 Å². The van der Waals surface area contributed by atoms with Crippen molar-refractivity contribution in [1.82, 2.24) is 4.90 Å². The number of aliphatic hydroxyl groups excluding tert-OH is 1. The summed E-state index contributed by atoms with van der Waals surface area (Å²) in [6.07, 6.45) is 6.00. The van der Waals surface area contributed by atoms with Crippen LogP contribution in [0.3, 0.4) is 0 Å². The van der Waals surface area contributed by atoms with Gasteiger partial charge in [-0.1, -0.05) is 32.0 Å². The number of rotatable bonds is 6. The third-order valence-electron chi connectivity index (χ3n) is 4.27. The first-order valence-electron chi connectivity index (χ1n) is 7.74. The van der Waals surface area contributed by atoms with Crippen molar-refractivity contribution in [3.63, 3.8) is 0 Å². The fourth-order valence-electron chi connectivity index (χ4n) is 3.36. The summed E-state index contributed by atoms with van der Waals surface area (Å²) in [6.45, 7) is 7.11. The number of aliphatic hydroxyl groups is 1. The van der Waals surface area contributed by atoms with Crippen molar-refractivity contribution in [2.45, 2.75) is 58.6 Å². The van der Waals surface area contributed by atoms with Crippen LogP contribution in [0.2, 0.25) is 0 Å². The molecule has 0 radical (unpaired) electrons. The van der Waals surface area contributed by atoms with Crippen molar-refractivity contribution >= 4 is 0 Å². The standard InChI is InChI=1S/C17H27NO/c1-3-10-18(11-4-2)16-9-8-14-6-5-7-15(13-19)17(14)12-16/h5-7,16,19H,3-4,8-13H2,1-2H3. The normalized spacial score (nSPS) is 18.6. The van der Waals surface area contributed by atoms with Crippen LogP contribution in [0.25, 0.3) is 0 Å². The van der Waals surface area contributed by atoms with Crippen molar-refractivity contribution in [3.8, 4) is 0 Å². The molecule has 2 heteroatoms. The van der Waals surface area contributed by atoms with Crippen LogP contribution in [0.15, 0.2) is 18.2 Å². The number of nitrogens with zero attached hydrogens (tertiary/aromatic N) is 1. The highest BCUT2D eigenvalue weighted by molar-refractivity contribution is 5.37. The molecule has 0 fully saturated rings. The highest BCUT2D eigenvalue weighted by Crippen LogP contribution is 2.27. The van der Waals surface area contributed by atoms with E-state index in [2.05, 4.69) is 36.9 Å². The molecular weight excluding hydrogens is 234 g/mol. The third-order valence-corrected chi connectivity index (χ3v) is 4.27. The van der Waals surface area contributed by atoms with Gasteiger partial charge in [-0.15, -0.1) is 0 Å². The van der Waals surface area contributed by atoms with Gasteiger partial charge in [0.05, 0.1) is 6.61 Å². The van der Waals surface area contributed by atoms with Crippen LogP contribution in [0.5, 0.6) is 0 Å². The topological polar surface area (TPSA) is 23.5 Å². The minimum absolute atomic E-state index is 0.178. The second-order valence-electron chi connectivity index (χ2n) is 5.65. The van der Waals surface area contributed by atoms with Gasteiger partial charge < -0.3 is 10.0 Å². The van der Waals surface area contributed by atoms with E-state index < -0.39 is 0 Å². The molecule has 0 bridgehead atoms. The fourth-order valence-corrected chi connectivity index (χ4v) is 3.36. The van der Waals surface area contributed by atoms with Gasteiger partial charge in [0.25, 0.3) is 0 Å². The van der Waals surface area contributed by atoms with Crippen molar-refractivity contribution in [3.05, 3.63) is 34.9 Å². The lowest BCUT2D eigenvalue weighted by Crippen LogP contribution is -2.40. The number of hydrogen-bond donors (Lipinski definition) is 1. The lowest BCUT2D eigenvalue weighted by Gasteiger charge is -2.35. The first-order chi connectivity index (χ1) is 9.30. The molecule has 1 aliphatic carbocycles. The van der Waals surface area contributed by atoms with Gasteiger partial charge in [-0.05, 0) is 61.9 Å².